The lowest BCUT2D eigenvalue weighted by molar-refractivity contribution is 0.541. The largest absolute Gasteiger partial charge is 0.330 e. The zero-order valence-electron chi connectivity index (χ0n) is 9.86. The Labute approximate surface area is 98.4 Å². The van der Waals surface area contributed by atoms with Crippen molar-refractivity contribution in [2.45, 2.75) is 32.1 Å². The highest BCUT2D eigenvalue weighted by atomic mass is 14.5. The fourth-order valence-corrected chi connectivity index (χ4v) is 2.49. The molecule has 0 radical (unpaired) electrons. The third-order valence-electron chi connectivity index (χ3n) is 3.47. The van der Waals surface area contributed by atoms with Crippen LogP contribution in [-0.4, -0.2) is 6.54 Å². The lowest BCUT2D eigenvalue weighted by atomic mass is 9.90. The average Bonchev–Trinajstić information content (AvgIpc) is 2.55. The van der Waals surface area contributed by atoms with Gasteiger partial charge in [-0.05, 0) is 43.7 Å². The van der Waals surface area contributed by atoms with Gasteiger partial charge < -0.3 is 5.73 Å². The molecule has 0 aromatic heterocycles. The maximum atomic E-state index is 5.88. The van der Waals surface area contributed by atoms with E-state index in [1.807, 2.05) is 0 Å². The minimum atomic E-state index is 0.614. The van der Waals surface area contributed by atoms with Crippen LogP contribution in [0.1, 0.15) is 31.2 Å². The van der Waals surface area contributed by atoms with Crippen LogP contribution in [-0.2, 0) is 6.42 Å². The Morgan fingerprint density at radius 3 is 2.69 bits per heavy atom. The number of hydrogen-bond donors (Lipinski definition) is 1. The zero-order chi connectivity index (χ0) is 11.2. The van der Waals surface area contributed by atoms with Crippen molar-refractivity contribution in [3.8, 4) is 0 Å². The lowest BCUT2D eigenvalue weighted by Gasteiger charge is -2.17. The highest BCUT2D eigenvalue weighted by molar-refractivity contribution is 5.23. The lowest BCUT2D eigenvalue weighted by Crippen LogP contribution is -2.17. The number of rotatable bonds is 3. The molecule has 0 bridgehead atoms. The third-order valence-corrected chi connectivity index (χ3v) is 3.47. The molecule has 1 aliphatic rings. The predicted octanol–water partition coefficient (Wildman–Crippen LogP) is 3.30. The van der Waals surface area contributed by atoms with Crippen LogP contribution in [0.15, 0.2) is 42.0 Å². The van der Waals surface area contributed by atoms with Gasteiger partial charge in [-0.1, -0.05) is 48.4 Å². The number of allylic oxidation sites excluding steroid dienone is 1. The van der Waals surface area contributed by atoms with Crippen LogP contribution in [0.3, 0.4) is 0 Å². The minimum Gasteiger partial charge on any atom is -0.330 e. The summed E-state index contributed by atoms with van der Waals surface area (Å²) in [5.74, 6) is 0.614. The van der Waals surface area contributed by atoms with E-state index in [4.69, 9.17) is 5.73 Å². The monoisotopic (exact) mass is 215 g/mol. The molecule has 1 aliphatic carbocycles. The Morgan fingerprint density at radius 1 is 1.12 bits per heavy atom. The molecule has 0 saturated heterocycles. The number of nitrogens with two attached hydrogens (primary N) is 1. The average molecular weight is 215 g/mol. The van der Waals surface area contributed by atoms with Crippen molar-refractivity contribution in [3.63, 3.8) is 0 Å². The Kier molecular flexibility index (Phi) is 4.17. The fraction of sp³-hybridized carbons (Fsp3) is 0.467. The molecule has 1 aromatic carbocycles. The van der Waals surface area contributed by atoms with Gasteiger partial charge in [-0.15, -0.1) is 0 Å². The topological polar surface area (TPSA) is 26.0 Å². The molecule has 0 amide bonds. The fourth-order valence-electron chi connectivity index (χ4n) is 2.49. The van der Waals surface area contributed by atoms with Crippen LogP contribution < -0.4 is 5.73 Å². The Morgan fingerprint density at radius 2 is 1.94 bits per heavy atom. The molecule has 1 heteroatoms. The Bertz CT molecular complexity index is 340. The first kappa shape index (κ1) is 11.4. The van der Waals surface area contributed by atoms with Crippen molar-refractivity contribution in [2.75, 3.05) is 6.54 Å². The van der Waals surface area contributed by atoms with Crippen molar-refractivity contribution >= 4 is 0 Å². The SMILES string of the molecule is NCC1CCCCC=C1Cc1ccccc1. The Hall–Kier alpha value is -1.08. The number of hydrogen-bond acceptors (Lipinski definition) is 1. The first-order valence-corrected chi connectivity index (χ1v) is 6.33. The van der Waals surface area contributed by atoms with E-state index in [1.165, 1.54) is 31.2 Å². The number of benzene rings is 1. The van der Waals surface area contributed by atoms with Gasteiger partial charge in [-0.2, -0.15) is 0 Å². The van der Waals surface area contributed by atoms with Crippen LogP contribution in [0.5, 0.6) is 0 Å². The van der Waals surface area contributed by atoms with Gasteiger partial charge in [-0.3, -0.25) is 0 Å². The second kappa shape index (κ2) is 5.86. The van der Waals surface area contributed by atoms with Gasteiger partial charge in [0.1, 0.15) is 0 Å². The molecule has 1 nitrogen and oxygen atoms in total. The van der Waals surface area contributed by atoms with E-state index in [0.29, 0.717) is 5.92 Å². The van der Waals surface area contributed by atoms with Gasteiger partial charge in [0.25, 0.3) is 0 Å². The molecule has 1 unspecified atom stereocenters. The smallest absolute Gasteiger partial charge is 0.00114 e. The molecule has 0 saturated carbocycles. The maximum absolute atomic E-state index is 5.88. The molecular formula is C15H21N. The molecule has 86 valence electrons. The summed E-state index contributed by atoms with van der Waals surface area (Å²) in [5.41, 5.74) is 8.85. The van der Waals surface area contributed by atoms with E-state index < -0.39 is 0 Å². The van der Waals surface area contributed by atoms with Crippen LogP contribution in [0.2, 0.25) is 0 Å². The van der Waals surface area contributed by atoms with E-state index in [1.54, 1.807) is 5.57 Å². The van der Waals surface area contributed by atoms with Gasteiger partial charge in [0.15, 0.2) is 0 Å². The van der Waals surface area contributed by atoms with E-state index >= 15 is 0 Å². The molecule has 2 N–H and O–H groups in total. The van der Waals surface area contributed by atoms with Crippen molar-refractivity contribution in [3.05, 3.63) is 47.5 Å². The molecule has 1 aromatic rings. The van der Waals surface area contributed by atoms with Gasteiger partial charge in [0, 0.05) is 0 Å². The summed E-state index contributed by atoms with van der Waals surface area (Å²) in [7, 11) is 0. The molecule has 0 fully saturated rings. The van der Waals surface area contributed by atoms with Gasteiger partial charge in [0.05, 0.1) is 0 Å². The van der Waals surface area contributed by atoms with Crippen LogP contribution in [0.4, 0.5) is 0 Å². The summed E-state index contributed by atoms with van der Waals surface area (Å²) < 4.78 is 0. The predicted molar refractivity (Wildman–Crippen MR) is 69.2 cm³/mol. The quantitative estimate of drug-likeness (QED) is 0.769. The molecule has 16 heavy (non-hydrogen) atoms. The summed E-state index contributed by atoms with van der Waals surface area (Å²) in [6.45, 7) is 0.804. The van der Waals surface area contributed by atoms with Crippen molar-refractivity contribution in [1.29, 1.82) is 0 Å². The first-order chi connectivity index (χ1) is 7.90. The van der Waals surface area contributed by atoms with Gasteiger partial charge in [0.2, 0.25) is 0 Å². The zero-order valence-corrected chi connectivity index (χ0v) is 9.86. The van der Waals surface area contributed by atoms with Crippen LogP contribution in [0, 0.1) is 5.92 Å². The van der Waals surface area contributed by atoms with Crippen molar-refractivity contribution < 1.29 is 0 Å². The van der Waals surface area contributed by atoms with Crippen molar-refractivity contribution in [1.82, 2.24) is 0 Å². The maximum Gasteiger partial charge on any atom is -0.00114 e. The standard InChI is InChI=1S/C15H21N/c16-12-15-10-6-2-5-9-14(15)11-13-7-3-1-4-8-13/h1,3-4,7-9,15H,2,5-6,10-12,16H2. The van der Waals surface area contributed by atoms with E-state index in [0.717, 1.165) is 13.0 Å². The highest BCUT2D eigenvalue weighted by Crippen LogP contribution is 2.25. The molecule has 1 atom stereocenters. The van der Waals surface area contributed by atoms with E-state index in [-0.39, 0.29) is 0 Å². The van der Waals surface area contributed by atoms with Gasteiger partial charge in [-0.25, -0.2) is 0 Å². The summed E-state index contributed by atoms with van der Waals surface area (Å²) >= 11 is 0. The van der Waals surface area contributed by atoms with E-state index in [9.17, 15) is 0 Å². The summed E-state index contributed by atoms with van der Waals surface area (Å²) in [4.78, 5) is 0. The Balaban J connectivity index is 2.09. The van der Waals surface area contributed by atoms with Crippen LogP contribution >= 0.6 is 0 Å². The van der Waals surface area contributed by atoms with E-state index in [2.05, 4.69) is 36.4 Å². The van der Waals surface area contributed by atoms with Gasteiger partial charge >= 0.3 is 0 Å². The van der Waals surface area contributed by atoms with Crippen LogP contribution in [0.25, 0.3) is 0 Å². The molecule has 2 rings (SSSR count). The second-order valence-corrected chi connectivity index (χ2v) is 4.66. The normalized spacial score (nSPS) is 21.3. The minimum absolute atomic E-state index is 0.614. The molecule has 0 spiro atoms. The highest BCUT2D eigenvalue weighted by Gasteiger charge is 2.15. The summed E-state index contributed by atoms with van der Waals surface area (Å²) in [6.07, 6.45) is 8.68. The molecule has 0 heterocycles. The second-order valence-electron chi connectivity index (χ2n) is 4.66. The van der Waals surface area contributed by atoms with Crippen molar-refractivity contribution in [2.24, 2.45) is 11.7 Å². The summed E-state index contributed by atoms with van der Waals surface area (Å²) in [6, 6.07) is 10.7. The molecular weight excluding hydrogens is 194 g/mol. The third kappa shape index (κ3) is 2.96. The first-order valence-electron chi connectivity index (χ1n) is 6.33. The summed E-state index contributed by atoms with van der Waals surface area (Å²) in [5, 5.41) is 0. The molecule has 0 aliphatic heterocycles.